The fourth-order valence-electron chi connectivity index (χ4n) is 4.66. The number of carbonyl (C=O) groups is 3. The number of hydrogen-bond acceptors (Lipinski definition) is 5. The lowest BCUT2D eigenvalue weighted by Gasteiger charge is -2.16. The van der Waals surface area contributed by atoms with Crippen LogP contribution in [0.5, 0.6) is 0 Å². The molecule has 37 heavy (non-hydrogen) atoms. The molecule has 11 nitrogen and oxygen atoms in total. The summed E-state index contributed by atoms with van der Waals surface area (Å²) in [7, 11) is 1.40. The first kappa shape index (κ1) is 24.6. The molecule has 2 aliphatic rings. The van der Waals surface area contributed by atoms with Gasteiger partial charge in [-0.3, -0.25) is 14.7 Å². The number of likely N-dealkylation sites (tertiary alicyclic amines) is 1. The van der Waals surface area contributed by atoms with Crippen molar-refractivity contribution >= 4 is 35.2 Å². The molecule has 3 aromatic rings. The van der Waals surface area contributed by atoms with Crippen LogP contribution in [0.2, 0.25) is 5.02 Å². The number of anilines is 1. The molecule has 15 heteroatoms. The zero-order valence-electron chi connectivity index (χ0n) is 19.0. The maximum Gasteiger partial charge on any atom is 0.435 e. The van der Waals surface area contributed by atoms with Crippen LogP contribution in [-0.2, 0) is 13.2 Å². The SMILES string of the molecule is Cn1c(-c2c[nH]nc2C(F)(F)F)cnc1C(=O)Nc1ccc(C(=O)N[C@@H]2[C@@H]3CN(C(=O)O)C[C@@H]32)c(Cl)c1. The molecule has 0 radical (unpaired) electrons. The topological polar surface area (TPSA) is 145 Å². The number of H-pyrrole nitrogens is 1. The van der Waals surface area contributed by atoms with Crippen molar-refractivity contribution in [3.05, 3.63) is 52.7 Å². The molecule has 2 fully saturated rings. The number of hydrogen-bond donors (Lipinski definition) is 4. The lowest BCUT2D eigenvalue weighted by atomic mass is 10.2. The summed E-state index contributed by atoms with van der Waals surface area (Å²) in [6, 6.07) is 4.14. The van der Waals surface area contributed by atoms with Crippen molar-refractivity contribution in [1.82, 2.24) is 30.0 Å². The van der Waals surface area contributed by atoms with Crippen molar-refractivity contribution in [2.45, 2.75) is 12.2 Å². The number of nitrogens with zero attached hydrogens (tertiary/aromatic N) is 4. The Labute approximate surface area is 211 Å². The Morgan fingerprint density at radius 1 is 1.19 bits per heavy atom. The second kappa shape index (κ2) is 8.80. The lowest BCUT2D eigenvalue weighted by Crippen LogP contribution is -2.36. The number of imidazole rings is 1. The van der Waals surface area contributed by atoms with Crippen molar-refractivity contribution in [3.63, 3.8) is 0 Å². The van der Waals surface area contributed by atoms with Gasteiger partial charge in [-0.25, -0.2) is 9.78 Å². The van der Waals surface area contributed by atoms with Gasteiger partial charge in [-0.2, -0.15) is 18.3 Å². The number of carboxylic acid groups (broad SMARTS) is 1. The van der Waals surface area contributed by atoms with Gasteiger partial charge in [0.15, 0.2) is 11.5 Å². The van der Waals surface area contributed by atoms with E-state index in [1.807, 2.05) is 0 Å². The molecule has 3 heterocycles. The molecular formula is C22H19ClF3N7O4. The number of alkyl halides is 3. The van der Waals surface area contributed by atoms with Gasteiger partial charge in [-0.1, -0.05) is 11.6 Å². The van der Waals surface area contributed by atoms with Crippen LogP contribution in [-0.4, -0.2) is 66.8 Å². The summed E-state index contributed by atoms with van der Waals surface area (Å²) < 4.78 is 40.8. The second-order valence-electron chi connectivity index (χ2n) is 8.83. The third-order valence-corrected chi connectivity index (χ3v) is 6.92. The predicted molar refractivity (Wildman–Crippen MR) is 123 cm³/mol. The molecular weight excluding hydrogens is 519 g/mol. The fraction of sp³-hybridized carbons (Fsp3) is 0.318. The molecule has 0 spiro atoms. The molecule has 0 unspecified atom stereocenters. The Balaban J connectivity index is 1.25. The smallest absolute Gasteiger partial charge is 0.435 e. The number of aromatic amines is 1. The lowest BCUT2D eigenvalue weighted by molar-refractivity contribution is -0.140. The molecule has 194 valence electrons. The van der Waals surface area contributed by atoms with Gasteiger partial charge in [0.1, 0.15) is 0 Å². The molecule has 3 atom stereocenters. The van der Waals surface area contributed by atoms with Gasteiger partial charge in [-0.05, 0) is 18.2 Å². The monoisotopic (exact) mass is 537 g/mol. The highest BCUT2D eigenvalue weighted by Crippen LogP contribution is 2.45. The van der Waals surface area contributed by atoms with Crippen molar-refractivity contribution < 1.29 is 32.7 Å². The Morgan fingerprint density at radius 2 is 1.89 bits per heavy atom. The van der Waals surface area contributed by atoms with E-state index in [1.54, 1.807) is 0 Å². The first-order valence-electron chi connectivity index (χ1n) is 11.0. The first-order valence-corrected chi connectivity index (χ1v) is 11.4. The third-order valence-electron chi connectivity index (χ3n) is 6.61. The largest absolute Gasteiger partial charge is 0.465 e. The normalized spacial score (nSPS) is 20.5. The zero-order chi connectivity index (χ0) is 26.6. The molecule has 1 saturated carbocycles. The summed E-state index contributed by atoms with van der Waals surface area (Å²) in [6.45, 7) is 0.743. The average Bonchev–Trinajstić information content (AvgIpc) is 3.28. The van der Waals surface area contributed by atoms with E-state index in [-0.39, 0.29) is 51.2 Å². The Bertz CT molecular complexity index is 1410. The summed E-state index contributed by atoms with van der Waals surface area (Å²) in [5.41, 5.74) is -0.922. The summed E-state index contributed by atoms with van der Waals surface area (Å²) in [4.78, 5) is 41.7. The number of rotatable bonds is 5. The molecule has 4 N–H and O–H groups in total. The van der Waals surface area contributed by atoms with E-state index in [9.17, 15) is 27.6 Å². The van der Waals surface area contributed by atoms with E-state index in [1.165, 1.54) is 34.7 Å². The number of halogens is 4. The van der Waals surface area contributed by atoms with Crippen LogP contribution in [0.25, 0.3) is 11.3 Å². The van der Waals surface area contributed by atoms with Crippen LogP contribution in [0.15, 0.2) is 30.6 Å². The second-order valence-corrected chi connectivity index (χ2v) is 9.24. The van der Waals surface area contributed by atoms with Gasteiger partial charge in [0.2, 0.25) is 0 Å². The number of fused-ring (bicyclic) bond motifs is 1. The highest BCUT2D eigenvalue weighted by Gasteiger charge is 2.57. The zero-order valence-corrected chi connectivity index (χ0v) is 19.8. The number of benzene rings is 1. The van der Waals surface area contributed by atoms with Gasteiger partial charge in [0.05, 0.1) is 28.0 Å². The summed E-state index contributed by atoms with van der Waals surface area (Å²) in [6.07, 6.45) is -3.46. The van der Waals surface area contributed by atoms with Crippen molar-refractivity contribution in [1.29, 1.82) is 0 Å². The van der Waals surface area contributed by atoms with E-state index >= 15 is 0 Å². The Kier molecular flexibility index (Phi) is 5.85. The minimum atomic E-state index is -4.69. The van der Waals surface area contributed by atoms with Crippen LogP contribution >= 0.6 is 11.6 Å². The Hall–Kier alpha value is -4.07. The maximum absolute atomic E-state index is 13.2. The van der Waals surface area contributed by atoms with Crippen LogP contribution in [0.1, 0.15) is 26.7 Å². The number of nitrogens with one attached hydrogen (secondary N) is 3. The van der Waals surface area contributed by atoms with Crippen molar-refractivity contribution in [2.24, 2.45) is 18.9 Å². The van der Waals surface area contributed by atoms with Crippen molar-refractivity contribution in [2.75, 3.05) is 18.4 Å². The molecule has 2 aromatic heterocycles. The fourth-order valence-corrected chi connectivity index (χ4v) is 4.93. The van der Waals surface area contributed by atoms with Gasteiger partial charge in [0.25, 0.3) is 11.8 Å². The maximum atomic E-state index is 13.2. The van der Waals surface area contributed by atoms with E-state index < -0.39 is 29.8 Å². The third kappa shape index (κ3) is 4.48. The molecule has 3 amide bonds. The van der Waals surface area contributed by atoms with Gasteiger partial charge in [0, 0.05) is 49.9 Å². The number of amides is 3. The van der Waals surface area contributed by atoms with Crippen LogP contribution in [0.4, 0.5) is 23.7 Å². The highest BCUT2D eigenvalue weighted by atomic mass is 35.5. The summed E-state index contributed by atoms with van der Waals surface area (Å²) in [5.74, 6) is -1.12. The number of carbonyl (C=O) groups excluding carboxylic acids is 2. The summed E-state index contributed by atoms with van der Waals surface area (Å²) >= 11 is 6.27. The predicted octanol–water partition coefficient (Wildman–Crippen LogP) is 3.07. The van der Waals surface area contributed by atoms with E-state index in [0.29, 0.717) is 13.1 Å². The van der Waals surface area contributed by atoms with Crippen molar-refractivity contribution in [3.8, 4) is 11.3 Å². The van der Waals surface area contributed by atoms with Gasteiger partial charge < -0.3 is 25.2 Å². The molecule has 1 aliphatic carbocycles. The average molecular weight is 538 g/mol. The molecule has 1 saturated heterocycles. The van der Waals surface area contributed by atoms with Crippen LogP contribution < -0.4 is 10.6 Å². The van der Waals surface area contributed by atoms with Gasteiger partial charge in [-0.15, -0.1) is 0 Å². The van der Waals surface area contributed by atoms with Crippen LogP contribution in [0, 0.1) is 11.8 Å². The Morgan fingerprint density at radius 3 is 2.51 bits per heavy atom. The molecule has 0 bridgehead atoms. The summed E-state index contributed by atoms with van der Waals surface area (Å²) in [5, 5.41) is 20.0. The minimum Gasteiger partial charge on any atom is -0.465 e. The van der Waals surface area contributed by atoms with E-state index in [4.69, 9.17) is 16.7 Å². The molecule has 1 aliphatic heterocycles. The minimum absolute atomic E-state index is 0.0348. The standard InChI is InChI=1S/C22H19ClF3N7O4/c1-32-15(11-5-28-31-17(11)22(24,25)26)6-27-18(32)20(35)29-9-2-3-10(14(23)4-9)19(34)30-16-12-7-33(21(36)37)8-13(12)16/h2-6,12-13,16H,7-8H2,1H3,(H,28,31)(H,29,35)(H,30,34)(H,36,37)/t12-,13+,16-. The number of aromatic nitrogens is 4. The van der Waals surface area contributed by atoms with E-state index in [2.05, 4.69) is 25.8 Å². The highest BCUT2D eigenvalue weighted by molar-refractivity contribution is 6.34. The number of piperidine rings is 1. The van der Waals surface area contributed by atoms with Gasteiger partial charge >= 0.3 is 12.3 Å². The quantitative estimate of drug-likeness (QED) is 0.393. The van der Waals surface area contributed by atoms with E-state index in [0.717, 1.165) is 12.4 Å². The first-order chi connectivity index (χ1) is 17.5. The molecule has 5 rings (SSSR count). The van der Waals surface area contributed by atoms with Crippen LogP contribution in [0.3, 0.4) is 0 Å². The molecule has 1 aromatic carbocycles.